The summed E-state index contributed by atoms with van der Waals surface area (Å²) in [6.07, 6.45) is 2.52. The van der Waals surface area contributed by atoms with Crippen LogP contribution in [-0.2, 0) is 11.3 Å². The minimum atomic E-state index is -0.236. The van der Waals surface area contributed by atoms with E-state index in [2.05, 4.69) is 15.6 Å². The van der Waals surface area contributed by atoms with Crippen LogP contribution in [0.4, 0.5) is 0 Å². The average Bonchev–Trinajstić information content (AvgIpc) is 2.62. The molecule has 0 bridgehead atoms. The molecule has 1 rings (SSSR count). The number of hydrogen-bond donors (Lipinski definition) is 2. The van der Waals surface area contributed by atoms with Gasteiger partial charge in [-0.25, -0.2) is 4.68 Å². The van der Waals surface area contributed by atoms with Crippen molar-refractivity contribution in [1.29, 1.82) is 0 Å². The molecule has 6 nitrogen and oxygen atoms in total. The van der Waals surface area contributed by atoms with Gasteiger partial charge >= 0.3 is 0 Å². The molecule has 6 heteroatoms. The summed E-state index contributed by atoms with van der Waals surface area (Å²) in [5.74, 6) is -0.0842. The first-order valence-corrected chi connectivity index (χ1v) is 5.78. The van der Waals surface area contributed by atoms with Crippen molar-refractivity contribution in [2.75, 3.05) is 0 Å². The van der Waals surface area contributed by atoms with Gasteiger partial charge in [0.25, 0.3) is 0 Å². The molecule has 1 heterocycles. The summed E-state index contributed by atoms with van der Waals surface area (Å²) >= 11 is 0. The van der Waals surface area contributed by atoms with Crippen LogP contribution in [0.3, 0.4) is 0 Å². The molecule has 96 valence electrons. The molecule has 3 N–H and O–H groups in total. The number of nitrogens with zero attached hydrogens (tertiary/aromatic N) is 3. The maximum absolute atomic E-state index is 11.6. The highest BCUT2D eigenvalue weighted by molar-refractivity contribution is 5.76. The van der Waals surface area contributed by atoms with Gasteiger partial charge in [-0.3, -0.25) is 4.79 Å². The van der Waals surface area contributed by atoms with Crippen LogP contribution >= 0.6 is 0 Å². The third kappa shape index (κ3) is 4.52. The lowest BCUT2D eigenvalue weighted by atomic mass is 10.1. The van der Waals surface area contributed by atoms with Gasteiger partial charge in [-0.15, -0.1) is 5.10 Å². The zero-order chi connectivity index (χ0) is 13.1. The van der Waals surface area contributed by atoms with Crippen molar-refractivity contribution in [2.24, 2.45) is 5.73 Å². The largest absolute Gasteiger partial charge is 0.350 e. The standard InChI is InChI=1S/C11H21N5O/c1-5-8(12)9-6-16(15-14-9)7-10(17)13-11(2,3)4/h6,8H,5,7,12H2,1-4H3,(H,13,17). The molecule has 0 fully saturated rings. The van der Waals surface area contributed by atoms with Crippen molar-refractivity contribution in [2.45, 2.75) is 52.2 Å². The summed E-state index contributed by atoms with van der Waals surface area (Å²) in [7, 11) is 0. The third-order valence-electron chi connectivity index (χ3n) is 2.20. The van der Waals surface area contributed by atoms with Crippen LogP contribution in [0.1, 0.15) is 45.9 Å². The summed E-state index contributed by atoms with van der Waals surface area (Å²) < 4.78 is 1.51. The average molecular weight is 239 g/mol. The number of amides is 1. The summed E-state index contributed by atoms with van der Waals surface area (Å²) in [4.78, 5) is 11.6. The lowest BCUT2D eigenvalue weighted by molar-refractivity contribution is -0.123. The fraction of sp³-hybridized carbons (Fsp3) is 0.727. The first-order chi connectivity index (χ1) is 7.81. The second-order valence-electron chi connectivity index (χ2n) is 5.15. The van der Waals surface area contributed by atoms with E-state index in [1.54, 1.807) is 6.20 Å². The van der Waals surface area contributed by atoms with E-state index in [1.165, 1.54) is 4.68 Å². The van der Waals surface area contributed by atoms with Gasteiger partial charge in [0.1, 0.15) is 6.54 Å². The molecular weight excluding hydrogens is 218 g/mol. The SMILES string of the molecule is CCC(N)c1cn(CC(=O)NC(C)(C)C)nn1. The van der Waals surface area contributed by atoms with Gasteiger partial charge in [-0.2, -0.15) is 0 Å². The van der Waals surface area contributed by atoms with E-state index in [9.17, 15) is 4.79 Å². The Morgan fingerprint density at radius 2 is 2.24 bits per heavy atom. The minimum absolute atomic E-state index is 0.0842. The Balaban J connectivity index is 2.58. The van der Waals surface area contributed by atoms with Gasteiger partial charge in [0.2, 0.25) is 5.91 Å². The smallest absolute Gasteiger partial charge is 0.242 e. The molecule has 0 saturated carbocycles. The Bertz CT molecular complexity index is 379. The van der Waals surface area contributed by atoms with E-state index < -0.39 is 0 Å². The molecule has 1 amide bonds. The van der Waals surface area contributed by atoms with Crippen LogP contribution in [0.5, 0.6) is 0 Å². The number of hydrogen-bond acceptors (Lipinski definition) is 4. The molecule has 0 radical (unpaired) electrons. The highest BCUT2D eigenvalue weighted by Gasteiger charge is 2.15. The lowest BCUT2D eigenvalue weighted by Crippen LogP contribution is -2.42. The normalized spacial score (nSPS) is 13.5. The van der Waals surface area contributed by atoms with Gasteiger partial charge in [0.05, 0.1) is 17.9 Å². The van der Waals surface area contributed by atoms with E-state index in [-0.39, 0.29) is 24.0 Å². The summed E-state index contributed by atoms with van der Waals surface area (Å²) in [6.45, 7) is 7.96. The van der Waals surface area contributed by atoms with Crippen molar-refractivity contribution >= 4 is 5.91 Å². The van der Waals surface area contributed by atoms with Crippen LogP contribution in [0.25, 0.3) is 0 Å². The zero-order valence-corrected chi connectivity index (χ0v) is 10.9. The van der Waals surface area contributed by atoms with Gasteiger partial charge in [-0.1, -0.05) is 12.1 Å². The van der Waals surface area contributed by atoms with Crippen LogP contribution in [0.2, 0.25) is 0 Å². The second-order valence-corrected chi connectivity index (χ2v) is 5.15. The molecule has 17 heavy (non-hydrogen) atoms. The lowest BCUT2D eigenvalue weighted by Gasteiger charge is -2.20. The first-order valence-electron chi connectivity index (χ1n) is 5.78. The minimum Gasteiger partial charge on any atom is -0.350 e. The first kappa shape index (κ1) is 13.6. The second kappa shape index (κ2) is 5.27. The number of carbonyl (C=O) groups excluding carboxylic acids is 1. The van der Waals surface area contributed by atoms with Crippen LogP contribution in [0, 0.1) is 0 Å². The molecular formula is C11H21N5O. The summed E-state index contributed by atoms with van der Waals surface area (Å²) in [6, 6.07) is -0.116. The van der Waals surface area contributed by atoms with Crippen LogP contribution in [-0.4, -0.2) is 26.4 Å². The van der Waals surface area contributed by atoms with Crippen molar-refractivity contribution in [3.05, 3.63) is 11.9 Å². The molecule has 1 unspecified atom stereocenters. The van der Waals surface area contributed by atoms with Crippen molar-refractivity contribution in [1.82, 2.24) is 20.3 Å². The number of aromatic nitrogens is 3. The molecule has 0 aliphatic heterocycles. The Morgan fingerprint density at radius 1 is 1.59 bits per heavy atom. The molecule has 1 aromatic rings. The molecule has 0 saturated heterocycles. The van der Waals surface area contributed by atoms with Crippen molar-refractivity contribution in [3.63, 3.8) is 0 Å². The molecule has 0 aromatic carbocycles. The molecule has 1 aromatic heterocycles. The predicted octanol–water partition coefficient (Wildman–Crippen LogP) is 0.603. The number of rotatable bonds is 4. The van der Waals surface area contributed by atoms with Crippen molar-refractivity contribution < 1.29 is 4.79 Å². The Labute approximate surface area is 102 Å². The fourth-order valence-electron chi connectivity index (χ4n) is 1.37. The monoisotopic (exact) mass is 239 g/mol. The fourth-order valence-corrected chi connectivity index (χ4v) is 1.37. The summed E-state index contributed by atoms with van der Waals surface area (Å²) in [5.41, 5.74) is 6.31. The number of carbonyl (C=O) groups is 1. The number of nitrogens with one attached hydrogen (secondary N) is 1. The van der Waals surface area contributed by atoms with Crippen LogP contribution < -0.4 is 11.1 Å². The topological polar surface area (TPSA) is 85.8 Å². The van der Waals surface area contributed by atoms with Gasteiger partial charge in [0, 0.05) is 5.54 Å². The van der Waals surface area contributed by atoms with E-state index in [4.69, 9.17) is 5.73 Å². The highest BCUT2D eigenvalue weighted by atomic mass is 16.2. The Morgan fingerprint density at radius 3 is 2.76 bits per heavy atom. The van der Waals surface area contributed by atoms with E-state index in [1.807, 2.05) is 27.7 Å². The van der Waals surface area contributed by atoms with Gasteiger partial charge < -0.3 is 11.1 Å². The van der Waals surface area contributed by atoms with Gasteiger partial charge in [-0.05, 0) is 27.2 Å². The molecule has 1 atom stereocenters. The maximum atomic E-state index is 11.6. The van der Waals surface area contributed by atoms with E-state index >= 15 is 0 Å². The maximum Gasteiger partial charge on any atom is 0.242 e. The highest BCUT2D eigenvalue weighted by Crippen LogP contribution is 2.08. The number of nitrogens with two attached hydrogens (primary N) is 1. The zero-order valence-electron chi connectivity index (χ0n) is 10.9. The quantitative estimate of drug-likeness (QED) is 0.805. The Kier molecular flexibility index (Phi) is 4.22. The van der Waals surface area contributed by atoms with Gasteiger partial charge in [0.15, 0.2) is 0 Å². The summed E-state index contributed by atoms with van der Waals surface area (Å²) in [5, 5.41) is 10.7. The van der Waals surface area contributed by atoms with E-state index in [0.717, 1.165) is 12.1 Å². The predicted molar refractivity (Wildman–Crippen MR) is 65.1 cm³/mol. The van der Waals surface area contributed by atoms with Crippen LogP contribution in [0.15, 0.2) is 6.20 Å². The molecule has 0 aliphatic carbocycles. The van der Waals surface area contributed by atoms with E-state index in [0.29, 0.717) is 0 Å². The third-order valence-corrected chi connectivity index (χ3v) is 2.20. The molecule has 0 aliphatic rings. The molecule has 0 spiro atoms. The van der Waals surface area contributed by atoms with Crippen molar-refractivity contribution in [3.8, 4) is 0 Å². The Hall–Kier alpha value is -1.43.